The van der Waals surface area contributed by atoms with E-state index in [9.17, 15) is 9.59 Å². The van der Waals surface area contributed by atoms with Gasteiger partial charge in [-0.25, -0.2) is 9.78 Å². The number of nitrogens with zero attached hydrogens (tertiary/aromatic N) is 2. The molecule has 1 N–H and O–H groups in total. The first kappa shape index (κ1) is 22.5. The molecule has 2 heterocycles. The summed E-state index contributed by atoms with van der Waals surface area (Å²) in [6, 6.07) is 3.71. The highest BCUT2D eigenvalue weighted by atomic mass is 16.6. The standard InChI is InChI=1S/C22H31N3O4/c1-5-6-7-8-18-10-9-17(21(24-18)28-4)13-25(22(27)29-15-16(2)3)14-19-11-12-20(26)23-19/h5-10,16,19H,11-15H2,1-4H3,(H,23,26)/b6-5-,8-7+/t19-/m0/s1. The normalized spacial score (nSPS) is 16.6. The number of aromatic nitrogens is 1. The second kappa shape index (κ2) is 11.2. The molecule has 0 bridgehead atoms. The molecule has 1 aliphatic rings. The van der Waals surface area contributed by atoms with Crippen molar-refractivity contribution in [2.24, 2.45) is 5.92 Å². The number of ether oxygens (including phenoxy) is 2. The number of hydrogen-bond acceptors (Lipinski definition) is 5. The van der Waals surface area contributed by atoms with Crippen LogP contribution in [0.3, 0.4) is 0 Å². The molecule has 1 aromatic rings. The first-order valence-corrected chi connectivity index (χ1v) is 9.97. The summed E-state index contributed by atoms with van der Waals surface area (Å²) in [6.45, 7) is 6.94. The van der Waals surface area contributed by atoms with Gasteiger partial charge in [0.15, 0.2) is 0 Å². The van der Waals surface area contributed by atoms with Crippen molar-refractivity contribution in [2.75, 3.05) is 20.3 Å². The van der Waals surface area contributed by atoms with Crippen LogP contribution < -0.4 is 10.1 Å². The third-order valence-electron chi connectivity index (χ3n) is 4.41. The van der Waals surface area contributed by atoms with Gasteiger partial charge in [0.2, 0.25) is 11.8 Å². The third kappa shape index (κ3) is 7.25. The zero-order chi connectivity index (χ0) is 21.2. The lowest BCUT2D eigenvalue weighted by molar-refractivity contribution is -0.119. The minimum atomic E-state index is -0.404. The molecule has 0 aliphatic carbocycles. The smallest absolute Gasteiger partial charge is 0.410 e. The van der Waals surface area contributed by atoms with E-state index in [0.29, 0.717) is 38.4 Å². The summed E-state index contributed by atoms with van der Waals surface area (Å²) in [5.41, 5.74) is 1.54. The Hall–Kier alpha value is -2.83. The Morgan fingerprint density at radius 1 is 1.38 bits per heavy atom. The third-order valence-corrected chi connectivity index (χ3v) is 4.41. The Balaban J connectivity index is 2.17. The van der Waals surface area contributed by atoms with E-state index in [-0.39, 0.29) is 17.9 Å². The lowest BCUT2D eigenvalue weighted by Gasteiger charge is -2.26. The fraction of sp³-hybridized carbons (Fsp3) is 0.500. The molecule has 7 nitrogen and oxygen atoms in total. The fourth-order valence-electron chi connectivity index (χ4n) is 2.96. The second-order valence-electron chi connectivity index (χ2n) is 7.44. The van der Waals surface area contributed by atoms with E-state index >= 15 is 0 Å². The van der Waals surface area contributed by atoms with Gasteiger partial charge in [-0.1, -0.05) is 32.1 Å². The van der Waals surface area contributed by atoms with Gasteiger partial charge in [0.1, 0.15) is 0 Å². The van der Waals surface area contributed by atoms with Crippen LogP contribution in [0.4, 0.5) is 4.79 Å². The lowest BCUT2D eigenvalue weighted by Crippen LogP contribution is -2.42. The van der Waals surface area contributed by atoms with Crippen LogP contribution in [-0.2, 0) is 16.1 Å². The molecular formula is C22H31N3O4. The van der Waals surface area contributed by atoms with E-state index in [1.165, 1.54) is 0 Å². The van der Waals surface area contributed by atoms with Crippen LogP contribution in [0.25, 0.3) is 6.08 Å². The maximum atomic E-state index is 12.7. The van der Waals surface area contributed by atoms with Crippen LogP contribution in [0.1, 0.15) is 44.9 Å². The molecule has 2 rings (SSSR count). The summed E-state index contributed by atoms with van der Waals surface area (Å²) in [6.07, 6.45) is 8.43. The Labute approximate surface area is 172 Å². The van der Waals surface area contributed by atoms with Gasteiger partial charge in [0.05, 0.1) is 26.0 Å². The largest absolute Gasteiger partial charge is 0.481 e. The fourth-order valence-corrected chi connectivity index (χ4v) is 2.96. The predicted octanol–water partition coefficient (Wildman–Crippen LogP) is 3.55. The number of allylic oxidation sites excluding steroid dienone is 3. The zero-order valence-corrected chi connectivity index (χ0v) is 17.7. The van der Waals surface area contributed by atoms with Crippen molar-refractivity contribution >= 4 is 18.1 Å². The molecule has 0 saturated carbocycles. The van der Waals surface area contributed by atoms with Crippen molar-refractivity contribution in [1.29, 1.82) is 0 Å². The van der Waals surface area contributed by atoms with E-state index < -0.39 is 6.09 Å². The molecule has 0 spiro atoms. The summed E-state index contributed by atoms with van der Waals surface area (Å²) in [5.74, 6) is 0.721. The van der Waals surface area contributed by atoms with Crippen molar-refractivity contribution in [2.45, 2.75) is 46.2 Å². The maximum absolute atomic E-state index is 12.7. The topological polar surface area (TPSA) is 80.8 Å². The summed E-state index contributed by atoms with van der Waals surface area (Å²) >= 11 is 0. The molecule has 0 aromatic carbocycles. The second-order valence-corrected chi connectivity index (χ2v) is 7.44. The van der Waals surface area contributed by atoms with Crippen molar-refractivity contribution in [3.8, 4) is 5.88 Å². The first-order valence-electron chi connectivity index (χ1n) is 9.97. The average molecular weight is 402 g/mol. The van der Waals surface area contributed by atoms with Crippen molar-refractivity contribution < 1.29 is 19.1 Å². The number of rotatable bonds is 9. The van der Waals surface area contributed by atoms with Crippen LogP contribution in [0.15, 0.2) is 30.4 Å². The Morgan fingerprint density at radius 2 is 2.17 bits per heavy atom. The number of carbonyl (C=O) groups excluding carboxylic acids is 2. The molecule has 0 unspecified atom stereocenters. The number of amides is 2. The van der Waals surface area contributed by atoms with Gasteiger partial charge in [0.25, 0.3) is 0 Å². The molecule has 158 valence electrons. The van der Waals surface area contributed by atoms with Crippen molar-refractivity contribution in [1.82, 2.24) is 15.2 Å². The number of methoxy groups -OCH3 is 1. The zero-order valence-electron chi connectivity index (χ0n) is 17.7. The molecule has 1 fully saturated rings. The van der Waals surface area contributed by atoms with Gasteiger partial charge >= 0.3 is 6.09 Å². The average Bonchev–Trinajstić information content (AvgIpc) is 3.11. The van der Waals surface area contributed by atoms with Gasteiger partial charge in [-0.05, 0) is 37.5 Å². The molecule has 2 amide bonds. The van der Waals surface area contributed by atoms with Gasteiger partial charge in [-0.2, -0.15) is 0 Å². The van der Waals surface area contributed by atoms with Gasteiger partial charge in [-0.3, -0.25) is 4.79 Å². The van der Waals surface area contributed by atoms with E-state index in [0.717, 1.165) is 11.3 Å². The molecule has 1 atom stereocenters. The Morgan fingerprint density at radius 3 is 2.79 bits per heavy atom. The Kier molecular flexibility index (Phi) is 8.70. The number of pyridine rings is 1. The summed E-state index contributed by atoms with van der Waals surface area (Å²) in [7, 11) is 1.56. The molecule has 0 radical (unpaired) electrons. The van der Waals surface area contributed by atoms with Crippen molar-refractivity contribution in [3.05, 3.63) is 41.6 Å². The minimum absolute atomic E-state index is 0.0158. The highest BCUT2D eigenvalue weighted by Gasteiger charge is 2.27. The van der Waals surface area contributed by atoms with Crippen LogP contribution in [0.5, 0.6) is 5.88 Å². The predicted molar refractivity (Wildman–Crippen MR) is 112 cm³/mol. The van der Waals surface area contributed by atoms with Crippen LogP contribution >= 0.6 is 0 Å². The molecule has 1 saturated heterocycles. The molecule has 1 aliphatic heterocycles. The van der Waals surface area contributed by atoms with Crippen LogP contribution in [0.2, 0.25) is 0 Å². The van der Waals surface area contributed by atoms with E-state index in [4.69, 9.17) is 9.47 Å². The van der Waals surface area contributed by atoms with Crippen molar-refractivity contribution in [3.63, 3.8) is 0 Å². The monoisotopic (exact) mass is 401 g/mol. The first-order chi connectivity index (χ1) is 13.9. The highest BCUT2D eigenvalue weighted by molar-refractivity contribution is 5.78. The van der Waals surface area contributed by atoms with E-state index in [1.54, 1.807) is 12.0 Å². The van der Waals surface area contributed by atoms with Gasteiger partial charge in [0, 0.05) is 24.6 Å². The number of hydrogen-bond donors (Lipinski definition) is 1. The number of carbonyl (C=O) groups is 2. The SMILES string of the molecule is C/C=C\C=C\c1ccc(CN(C[C@@H]2CCC(=O)N2)C(=O)OCC(C)C)c(OC)n1. The molecule has 29 heavy (non-hydrogen) atoms. The molecule has 7 heteroatoms. The minimum Gasteiger partial charge on any atom is -0.481 e. The summed E-state index contributed by atoms with van der Waals surface area (Å²) < 4.78 is 10.9. The van der Waals surface area contributed by atoms with E-state index in [1.807, 2.05) is 57.2 Å². The summed E-state index contributed by atoms with van der Waals surface area (Å²) in [4.78, 5) is 30.3. The molecule has 1 aromatic heterocycles. The van der Waals surface area contributed by atoms with Crippen LogP contribution in [-0.4, -0.2) is 48.2 Å². The van der Waals surface area contributed by atoms with Gasteiger partial charge < -0.3 is 19.7 Å². The highest BCUT2D eigenvalue weighted by Crippen LogP contribution is 2.20. The number of nitrogens with one attached hydrogen (secondary N) is 1. The lowest BCUT2D eigenvalue weighted by atomic mass is 10.2. The quantitative estimate of drug-likeness (QED) is 0.640. The van der Waals surface area contributed by atoms with E-state index in [2.05, 4.69) is 10.3 Å². The van der Waals surface area contributed by atoms with Crippen LogP contribution in [0, 0.1) is 5.92 Å². The maximum Gasteiger partial charge on any atom is 0.410 e. The van der Waals surface area contributed by atoms with Gasteiger partial charge in [-0.15, -0.1) is 0 Å². The summed E-state index contributed by atoms with van der Waals surface area (Å²) in [5, 5.41) is 2.91. The Bertz CT molecular complexity index is 758. The molecular weight excluding hydrogens is 370 g/mol.